The Balaban J connectivity index is 4.33. The molecule has 0 radical (unpaired) electrons. The SMILES string of the molecule is CCCCC(C)(OC=O)C(=O)OCC(C)CCC. The Morgan fingerprint density at radius 2 is 2.00 bits per heavy atom. The molecule has 0 aliphatic carbocycles. The molecule has 0 bridgehead atoms. The van der Waals surface area contributed by atoms with Gasteiger partial charge in [-0.15, -0.1) is 0 Å². The van der Waals surface area contributed by atoms with Crippen molar-refractivity contribution in [1.29, 1.82) is 0 Å². The summed E-state index contributed by atoms with van der Waals surface area (Å²) >= 11 is 0. The van der Waals surface area contributed by atoms with Gasteiger partial charge in [0, 0.05) is 0 Å². The zero-order valence-electron chi connectivity index (χ0n) is 12.0. The van der Waals surface area contributed by atoms with Crippen molar-refractivity contribution in [3.05, 3.63) is 0 Å². The van der Waals surface area contributed by atoms with Crippen LogP contribution < -0.4 is 0 Å². The first-order chi connectivity index (χ1) is 8.50. The lowest BCUT2D eigenvalue weighted by atomic mass is 9.99. The van der Waals surface area contributed by atoms with Crippen molar-refractivity contribution in [2.24, 2.45) is 5.92 Å². The molecule has 0 amide bonds. The second-order valence-corrected chi connectivity index (χ2v) is 5.04. The molecule has 0 spiro atoms. The molecule has 4 nitrogen and oxygen atoms in total. The minimum absolute atomic E-state index is 0.326. The van der Waals surface area contributed by atoms with E-state index >= 15 is 0 Å². The van der Waals surface area contributed by atoms with Crippen LogP contribution in [0.25, 0.3) is 0 Å². The van der Waals surface area contributed by atoms with E-state index in [0.717, 1.165) is 25.7 Å². The van der Waals surface area contributed by atoms with Gasteiger partial charge in [-0.3, -0.25) is 4.79 Å². The van der Waals surface area contributed by atoms with Gasteiger partial charge in [0.25, 0.3) is 6.47 Å². The maximum atomic E-state index is 12.0. The first-order valence-corrected chi connectivity index (χ1v) is 6.78. The number of ether oxygens (including phenoxy) is 2. The summed E-state index contributed by atoms with van der Waals surface area (Å²) in [5.74, 6) is -0.100. The van der Waals surface area contributed by atoms with Crippen LogP contribution in [0.15, 0.2) is 0 Å². The average molecular weight is 258 g/mol. The fourth-order valence-electron chi connectivity index (χ4n) is 1.78. The largest absolute Gasteiger partial charge is 0.462 e. The highest BCUT2D eigenvalue weighted by molar-refractivity contribution is 5.80. The first kappa shape index (κ1) is 16.9. The smallest absolute Gasteiger partial charge is 0.350 e. The van der Waals surface area contributed by atoms with Crippen molar-refractivity contribution in [3.63, 3.8) is 0 Å². The van der Waals surface area contributed by atoms with Crippen LogP contribution in [0, 0.1) is 5.92 Å². The summed E-state index contributed by atoms with van der Waals surface area (Å²) < 4.78 is 10.2. The molecule has 0 aromatic carbocycles. The van der Waals surface area contributed by atoms with Gasteiger partial charge in [-0.25, -0.2) is 4.79 Å². The van der Waals surface area contributed by atoms with Crippen LogP contribution in [0.1, 0.15) is 59.8 Å². The molecule has 0 saturated carbocycles. The molecule has 106 valence electrons. The molecule has 2 unspecified atom stereocenters. The molecule has 0 heterocycles. The van der Waals surface area contributed by atoms with Crippen LogP contribution in [-0.4, -0.2) is 24.6 Å². The minimum Gasteiger partial charge on any atom is -0.462 e. The van der Waals surface area contributed by atoms with Crippen molar-refractivity contribution in [3.8, 4) is 0 Å². The highest BCUT2D eigenvalue weighted by atomic mass is 16.6. The van der Waals surface area contributed by atoms with Gasteiger partial charge in [0.15, 0.2) is 0 Å². The summed E-state index contributed by atoms with van der Waals surface area (Å²) in [5.41, 5.74) is -1.14. The van der Waals surface area contributed by atoms with Crippen molar-refractivity contribution < 1.29 is 19.1 Å². The van der Waals surface area contributed by atoms with E-state index in [2.05, 4.69) is 6.92 Å². The Labute approximate surface area is 110 Å². The second kappa shape index (κ2) is 8.95. The van der Waals surface area contributed by atoms with Gasteiger partial charge in [-0.2, -0.15) is 0 Å². The predicted molar refractivity (Wildman–Crippen MR) is 70.1 cm³/mol. The van der Waals surface area contributed by atoms with Crippen LogP contribution in [0.5, 0.6) is 0 Å². The van der Waals surface area contributed by atoms with Crippen molar-refractivity contribution in [1.82, 2.24) is 0 Å². The molecule has 4 heteroatoms. The molecule has 0 aromatic rings. The lowest BCUT2D eigenvalue weighted by Gasteiger charge is -2.26. The number of hydrogen-bond donors (Lipinski definition) is 0. The van der Waals surface area contributed by atoms with Gasteiger partial charge in [0.1, 0.15) is 0 Å². The van der Waals surface area contributed by atoms with E-state index in [4.69, 9.17) is 9.47 Å². The number of carbonyl (C=O) groups excluding carboxylic acids is 2. The molecule has 0 saturated heterocycles. The topological polar surface area (TPSA) is 52.6 Å². The lowest BCUT2D eigenvalue weighted by molar-refractivity contribution is -0.175. The Hall–Kier alpha value is -1.06. The number of rotatable bonds is 10. The number of esters is 1. The summed E-state index contributed by atoms with van der Waals surface area (Å²) in [6.07, 6.45) is 4.36. The maximum absolute atomic E-state index is 12.0. The number of carbonyl (C=O) groups is 2. The Morgan fingerprint density at radius 1 is 1.33 bits per heavy atom. The van der Waals surface area contributed by atoms with Crippen LogP contribution in [0.3, 0.4) is 0 Å². The molecule has 18 heavy (non-hydrogen) atoms. The highest BCUT2D eigenvalue weighted by Crippen LogP contribution is 2.20. The van der Waals surface area contributed by atoms with Gasteiger partial charge in [0.05, 0.1) is 6.61 Å². The Bertz CT molecular complexity index is 252. The molecule has 0 aliphatic heterocycles. The molecule has 2 atom stereocenters. The summed E-state index contributed by atoms with van der Waals surface area (Å²) in [7, 11) is 0. The zero-order valence-corrected chi connectivity index (χ0v) is 12.0. The monoisotopic (exact) mass is 258 g/mol. The van der Waals surface area contributed by atoms with Crippen LogP contribution in [-0.2, 0) is 19.1 Å². The molecule has 0 rings (SSSR count). The van der Waals surface area contributed by atoms with E-state index in [9.17, 15) is 9.59 Å². The van der Waals surface area contributed by atoms with Gasteiger partial charge in [-0.1, -0.05) is 33.6 Å². The van der Waals surface area contributed by atoms with Gasteiger partial charge < -0.3 is 9.47 Å². The fraction of sp³-hybridized carbons (Fsp3) is 0.857. The zero-order chi connectivity index (χ0) is 14.0. The lowest BCUT2D eigenvalue weighted by Crippen LogP contribution is -2.40. The normalized spacial score (nSPS) is 15.6. The maximum Gasteiger partial charge on any atom is 0.350 e. The Kier molecular flexibility index (Phi) is 8.42. The second-order valence-electron chi connectivity index (χ2n) is 5.04. The van der Waals surface area contributed by atoms with Crippen LogP contribution in [0.2, 0.25) is 0 Å². The number of unbranched alkanes of at least 4 members (excludes halogenated alkanes) is 1. The standard InChI is InChI=1S/C14H26O4/c1-5-7-9-14(4,18-11-15)13(16)17-10-12(3)8-6-2/h11-12H,5-10H2,1-4H3. The van der Waals surface area contributed by atoms with Gasteiger partial charge >= 0.3 is 5.97 Å². The van der Waals surface area contributed by atoms with Crippen LogP contribution in [0.4, 0.5) is 0 Å². The first-order valence-electron chi connectivity index (χ1n) is 6.78. The summed E-state index contributed by atoms with van der Waals surface area (Å²) in [4.78, 5) is 22.5. The molecule has 0 aromatic heterocycles. The van der Waals surface area contributed by atoms with Crippen molar-refractivity contribution >= 4 is 12.4 Å². The van der Waals surface area contributed by atoms with E-state index < -0.39 is 11.6 Å². The number of hydrogen-bond acceptors (Lipinski definition) is 4. The third kappa shape index (κ3) is 6.03. The summed E-state index contributed by atoms with van der Waals surface area (Å²) in [6, 6.07) is 0. The molecule has 0 N–H and O–H groups in total. The molecule has 0 aliphatic rings. The predicted octanol–water partition coefficient (Wildman–Crippen LogP) is 3.09. The summed E-state index contributed by atoms with van der Waals surface area (Å²) in [6.45, 7) is 8.49. The van der Waals surface area contributed by atoms with Gasteiger partial charge in [0.2, 0.25) is 5.60 Å². The minimum atomic E-state index is -1.14. The highest BCUT2D eigenvalue weighted by Gasteiger charge is 2.36. The summed E-state index contributed by atoms with van der Waals surface area (Å²) in [5, 5.41) is 0. The molecule has 0 fully saturated rings. The Morgan fingerprint density at radius 3 is 2.50 bits per heavy atom. The van der Waals surface area contributed by atoms with E-state index in [1.54, 1.807) is 6.92 Å². The van der Waals surface area contributed by atoms with Crippen molar-refractivity contribution in [2.45, 2.75) is 65.4 Å². The average Bonchev–Trinajstić information content (AvgIpc) is 2.34. The van der Waals surface area contributed by atoms with E-state index in [0.29, 0.717) is 25.4 Å². The van der Waals surface area contributed by atoms with E-state index in [1.165, 1.54) is 0 Å². The van der Waals surface area contributed by atoms with E-state index in [-0.39, 0.29) is 0 Å². The quantitative estimate of drug-likeness (QED) is 0.446. The van der Waals surface area contributed by atoms with Crippen molar-refractivity contribution in [2.75, 3.05) is 6.61 Å². The van der Waals surface area contributed by atoms with Gasteiger partial charge in [-0.05, 0) is 32.1 Å². The van der Waals surface area contributed by atoms with Crippen LogP contribution >= 0.6 is 0 Å². The molecular weight excluding hydrogens is 232 g/mol. The fourth-order valence-corrected chi connectivity index (χ4v) is 1.78. The third-order valence-corrected chi connectivity index (χ3v) is 3.03. The third-order valence-electron chi connectivity index (χ3n) is 3.03. The molecular formula is C14H26O4. The van der Waals surface area contributed by atoms with E-state index in [1.807, 2.05) is 13.8 Å².